The first kappa shape index (κ1) is 22.0. The minimum Gasteiger partial charge on any atom is -0.378 e. The summed E-state index contributed by atoms with van der Waals surface area (Å²) in [6.45, 7) is 13.1. The fourth-order valence-corrected chi connectivity index (χ4v) is 3.80. The van der Waals surface area contributed by atoms with Gasteiger partial charge in [-0.1, -0.05) is 6.92 Å². The third-order valence-electron chi connectivity index (χ3n) is 5.22. The molecule has 1 N–H and O–H groups in total. The molecule has 0 saturated carbocycles. The van der Waals surface area contributed by atoms with Crippen LogP contribution in [-0.4, -0.2) is 74.3 Å². The van der Waals surface area contributed by atoms with Gasteiger partial charge in [0.1, 0.15) is 0 Å². The van der Waals surface area contributed by atoms with Gasteiger partial charge in [-0.2, -0.15) is 0 Å². The molecular formula is C18H37IN4O. The third-order valence-corrected chi connectivity index (χ3v) is 5.22. The summed E-state index contributed by atoms with van der Waals surface area (Å²) in [6.07, 6.45) is 5.36. The Morgan fingerprint density at radius 1 is 1.25 bits per heavy atom. The third kappa shape index (κ3) is 6.67. The predicted molar refractivity (Wildman–Crippen MR) is 112 cm³/mol. The number of hydrogen-bond acceptors (Lipinski definition) is 3. The van der Waals surface area contributed by atoms with Crippen molar-refractivity contribution in [1.29, 1.82) is 0 Å². The van der Waals surface area contributed by atoms with E-state index in [-0.39, 0.29) is 24.0 Å². The lowest BCUT2D eigenvalue weighted by Crippen LogP contribution is -2.51. The van der Waals surface area contributed by atoms with Crippen molar-refractivity contribution in [3.05, 3.63) is 0 Å². The summed E-state index contributed by atoms with van der Waals surface area (Å²) >= 11 is 0. The minimum atomic E-state index is 0. The van der Waals surface area contributed by atoms with E-state index < -0.39 is 0 Å². The van der Waals surface area contributed by atoms with Crippen molar-refractivity contribution in [2.45, 2.75) is 58.6 Å². The highest BCUT2D eigenvalue weighted by Gasteiger charge is 2.24. The van der Waals surface area contributed by atoms with E-state index in [4.69, 9.17) is 4.74 Å². The van der Waals surface area contributed by atoms with Crippen molar-refractivity contribution in [3.63, 3.8) is 0 Å². The van der Waals surface area contributed by atoms with Crippen molar-refractivity contribution < 1.29 is 4.74 Å². The number of nitrogens with one attached hydrogen (secondary N) is 1. The molecule has 0 radical (unpaired) electrons. The summed E-state index contributed by atoms with van der Waals surface area (Å²) in [5, 5.41) is 3.59. The Morgan fingerprint density at radius 2 is 1.96 bits per heavy atom. The molecular weight excluding hydrogens is 415 g/mol. The van der Waals surface area contributed by atoms with Crippen LogP contribution in [0.1, 0.15) is 46.5 Å². The van der Waals surface area contributed by atoms with Gasteiger partial charge < -0.3 is 15.0 Å². The molecule has 5 nitrogen and oxygen atoms in total. The molecule has 0 bridgehead atoms. The number of rotatable bonds is 5. The Bertz CT molecular complexity index is 372. The predicted octanol–water partition coefficient (Wildman–Crippen LogP) is 2.80. The Hall–Kier alpha value is -0.0800. The number of nitrogens with zero attached hydrogens (tertiary/aromatic N) is 3. The van der Waals surface area contributed by atoms with Gasteiger partial charge in [-0.25, -0.2) is 0 Å². The monoisotopic (exact) mass is 452 g/mol. The molecule has 2 saturated heterocycles. The molecule has 2 unspecified atom stereocenters. The van der Waals surface area contributed by atoms with E-state index >= 15 is 0 Å². The zero-order valence-corrected chi connectivity index (χ0v) is 18.3. The molecule has 2 rings (SSSR count). The van der Waals surface area contributed by atoms with E-state index in [0.29, 0.717) is 12.1 Å². The van der Waals surface area contributed by atoms with Gasteiger partial charge in [0.15, 0.2) is 5.96 Å². The van der Waals surface area contributed by atoms with Gasteiger partial charge >= 0.3 is 0 Å². The van der Waals surface area contributed by atoms with Crippen LogP contribution in [0.2, 0.25) is 0 Å². The summed E-state index contributed by atoms with van der Waals surface area (Å²) in [5.41, 5.74) is 0. The Labute approximate surface area is 165 Å². The molecule has 0 aromatic heterocycles. The fourth-order valence-electron chi connectivity index (χ4n) is 3.80. The largest absolute Gasteiger partial charge is 0.378 e. The maximum Gasteiger partial charge on any atom is 0.193 e. The van der Waals surface area contributed by atoms with Crippen molar-refractivity contribution in [3.8, 4) is 0 Å². The number of guanidine groups is 1. The van der Waals surface area contributed by atoms with Crippen LogP contribution in [-0.2, 0) is 4.74 Å². The van der Waals surface area contributed by atoms with Gasteiger partial charge in [0, 0.05) is 45.9 Å². The quantitative estimate of drug-likeness (QED) is 0.396. The van der Waals surface area contributed by atoms with Crippen molar-refractivity contribution in [1.82, 2.24) is 15.1 Å². The number of piperidine rings is 2. The minimum absolute atomic E-state index is 0. The van der Waals surface area contributed by atoms with E-state index in [9.17, 15) is 0 Å². The van der Waals surface area contributed by atoms with E-state index in [1.165, 1.54) is 25.9 Å². The first-order chi connectivity index (χ1) is 11.1. The molecule has 0 spiro atoms. The molecule has 0 aromatic carbocycles. The maximum absolute atomic E-state index is 5.74. The van der Waals surface area contributed by atoms with Crippen LogP contribution in [0.25, 0.3) is 0 Å². The Kier molecular flexibility index (Phi) is 10.5. The summed E-state index contributed by atoms with van der Waals surface area (Å²) in [7, 11) is 1.89. The molecule has 2 aliphatic heterocycles. The van der Waals surface area contributed by atoms with Gasteiger partial charge in [0.25, 0.3) is 0 Å². The second-order valence-corrected chi connectivity index (χ2v) is 7.16. The lowest BCUT2D eigenvalue weighted by Gasteiger charge is -2.37. The average molecular weight is 452 g/mol. The zero-order valence-electron chi connectivity index (χ0n) is 16.0. The summed E-state index contributed by atoms with van der Waals surface area (Å²) in [6, 6.07) is 0.565. The molecule has 0 amide bonds. The molecule has 24 heavy (non-hydrogen) atoms. The molecule has 6 heteroatoms. The number of aliphatic imine (C=N–C) groups is 1. The molecule has 2 atom stereocenters. The van der Waals surface area contributed by atoms with Crippen LogP contribution in [0.5, 0.6) is 0 Å². The molecule has 2 aliphatic rings. The number of halogens is 1. The van der Waals surface area contributed by atoms with Crippen molar-refractivity contribution >= 4 is 29.9 Å². The highest BCUT2D eigenvalue weighted by atomic mass is 127. The average Bonchev–Trinajstić information content (AvgIpc) is 2.57. The van der Waals surface area contributed by atoms with Gasteiger partial charge in [-0.3, -0.25) is 9.89 Å². The van der Waals surface area contributed by atoms with E-state index in [2.05, 4.69) is 40.9 Å². The highest BCUT2D eigenvalue weighted by molar-refractivity contribution is 14.0. The smallest absolute Gasteiger partial charge is 0.193 e. The fraction of sp³-hybridized carbons (Fsp3) is 0.944. The van der Waals surface area contributed by atoms with E-state index in [1.807, 2.05) is 7.05 Å². The molecule has 2 heterocycles. The Morgan fingerprint density at radius 3 is 2.54 bits per heavy atom. The van der Waals surface area contributed by atoms with Crippen LogP contribution in [0.3, 0.4) is 0 Å². The van der Waals surface area contributed by atoms with E-state index in [0.717, 1.165) is 51.0 Å². The summed E-state index contributed by atoms with van der Waals surface area (Å²) in [5.74, 6) is 1.89. The standard InChI is InChI=1S/C18H36N4O.HI/c1-5-23-17-8-11-21(12-9-17)18(19-4)20-13-16(3)22-10-6-7-15(2)14-22;/h15-17H,5-14H2,1-4H3,(H,19,20);1H. The molecule has 0 aliphatic carbocycles. The lowest BCUT2D eigenvalue weighted by atomic mass is 9.99. The summed E-state index contributed by atoms with van der Waals surface area (Å²) in [4.78, 5) is 9.48. The van der Waals surface area contributed by atoms with Gasteiger partial charge in [-0.15, -0.1) is 24.0 Å². The van der Waals surface area contributed by atoms with Crippen LogP contribution in [0.4, 0.5) is 0 Å². The van der Waals surface area contributed by atoms with Gasteiger partial charge in [-0.05, 0) is 52.0 Å². The zero-order chi connectivity index (χ0) is 16.7. The highest BCUT2D eigenvalue weighted by Crippen LogP contribution is 2.17. The second kappa shape index (κ2) is 11.5. The number of likely N-dealkylation sites (tertiary alicyclic amines) is 2. The Balaban J connectivity index is 0.00000288. The van der Waals surface area contributed by atoms with Gasteiger partial charge in [0.05, 0.1) is 6.10 Å². The summed E-state index contributed by atoms with van der Waals surface area (Å²) < 4.78 is 5.74. The number of hydrogen-bond donors (Lipinski definition) is 1. The van der Waals surface area contributed by atoms with Gasteiger partial charge in [0.2, 0.25) is 0 Å². The van der Waals surface area contributed by atoms with Crippen molar-refractivity contribution in [2.24, 2.45) is 10.9 Å². The topological polar surface area (TPSA) is 40.1 Å². The van der Waals surface area contributed by atoms with Crippen LogP contribution < -0.4 is 5.32 Å². The normalized spacial score (nSPS) is 25.2. The molecule has 142 valence electrons. The van der Waals surface area contributed by atoms with Crippen LogP contribution in [0.15, 0.2) is 4.99 Å². The van der Waals surface area contributed by atoms with Crippen molar-refractivity contribution in [2.75, 3.05) is 46.4 Å². The number of ether oxygens (including phenoxy) is 1. The maximum atomic E-state index is 5.74. The first-order valence-electron chi connectivity index (χ1n) is 9.45. The van der Waals surface area contributed by atoms with Crippen LogP contribution in [0, 0.1) is 5.92 Å². The SMILES string of the molecule is CCOC1CCN(C(=NC)NCC(C)N2CCCC(C)C2)CC1.I. The van der Waals surface area contributed by atoms with Crippen LogP contribution >= 0.6 is 24.0 Å². The molecule has 2 fully saturated rings. The first-order valence-corrected chi connectivity index (χ1v) is 9.45. The second-order valence-electron chi connectivity index (χ2n) is 7.16. The van der Waals surface area contributed by atoms with E-state index in [1.54, 1.807) is 0 Å². The molecule has 0 aromatic rings. The lowest BCUT2D eigenvalue weighted by molar-refractivity contribution is 0.0263.